The van der Waals surface area contributed by atoms with Crippen LogP contribution in [0.15, 0.2) is 56.1 Å². The van der Waals surface area contributed by atoms with E-state index in [2.05, 4.69) is 10.2 Å². The Morgan fingerprint density at radius 1 is 1.11 bits per heavy atom. The van der Waals surface area contributed by atoms with E-state index in [0.29, 0.717) is 15.5 Å². The molecule has 0 aromatic heterocycles. The van der Waals surface area contributed by atoms with Crippen molar-refractivity contribution in [3.05, 3.63) is 40.9 Å². The summed E-state index contributed by atoms with van der Waals surface area (Å²) in [5, 5.41) is 8.20. The van der Waals surface area contributed by atoms with E-state index in [4.69, 9.17) is 0 Å². The van der Waals surface area contributed by atoms with Crippen molar-refractivity contribution in [1.29, 1.82) is 0 Å². The molecular formula is C14H18N2O2S. The Balaban J connectivity index is 2.66. The van der Waals surface area contributed by atoms with Gasteiger partial charge >= 0.3 is 0 Å². The number of sulfone groups is 1. The molecule has 0 saturated carbocycles. The maximum atomic E-state index is 12.8. The zero-order chi connectivity index (χ0) is 14.3. The van der Waals surface area contributed by atoms with Gasteiger partial charge in [-0.2, -0.15) is 10.2 Å². The molecule has 0 saturated heterocycles. The monoisotopic (exact) mass is 278 g/mol. The van der Waals surface area contributed by atoms with Gasteiger partial charge in [-0.3, -0.25) is 0 Å². The summed E-state index contributed by atoms with van der Waals surface area (Å²) in [7, 11) is -3.55. The van der Waals surface area contributed by atoms with Crippen LogP contribution in [0.5, 0.6) is 0 Å². The van der Waals surface area contributed by atoms with Crippen molar-refractivity contribution in [2.75, 3.05) is 0 Å². The lowest BCUT2D eigenvalue weighted by Gasteiger charge is -2.19. The minimum Gasteiger partial charge on any atom is -0.219 e. The molecule has 0 unspecified atom stereocenters. The van der Waals surface area contributed by atoms with Crippen LogP contribution in [0.4, 0.5) is 0 Å². The van der Waals surface area contributed by atoms with Gasteiger partial charge in [0.25, 0.3) is 0 Å². The quantitative estimate of drug-likeness (QED) is 0.848. The van der Waals surface area contributed by atoms with Crippen molar-refractivity contribution < 1.29 is 8.42 Å². The van der Waals surface area contributed by atoms with E-state index < -0.39 is 15.4 Å². The normalized spacial score (nSPS) is 18.4. The molecule has 0 atom stereocenters. The number of hydrogen-bond acceptors (Lipinski definition) is 4. The molecule has 0 fully saturated rings. The summed E-state index contributed by atoms with van der Waals surface area (Å²) < 4.78 is 25.6. The number of allylic oxidation sites excluding steroid dienone is 1. The molecule has 4 nitrogen and oxygen atoms in total. The van der Waals surface area contributed by atoms with E-state index >= 15 is 0 Å². The average molecular weight is 278 g/mol. The summed E-state index contributed by atoms with van der Waals surface area (Å²) in [6, 6.07) is 8.45. The molecule has 1 aliphatic rings. The third-order valence-corrected chi connectivity index (χ3v) is 5.20. The predicted octanol–water partition coefficient (Wildman–Crippen LogP) is 3.57. The lowest BCUT2D eigenvalue weighted by atomic mass is 10.0. The number of rotatable bonds is 3. The highest BCUT2D eigenvalue weighted by molar-refractivity contribution is 7.95. The van der Waals surface area contributed by atoms with Crippen LogP contribution in [0.2, 0.25) is 0 Å². The predicted molar refractivity (Wildman–Crippen MR) is 74.4 cm³/mol. The molecule has 0 amide bonds. The van der Waals surface area contributed by atoms with Crippen molar-refractivity contribution >= 4 is 9.84 Å². The lowest BCUT2D eigenvalue weighted by molar-refractivity contribution is 0.577. The fraction of sp³-hybridized carbons (Fsp3) is 0.429. The van der Waals surface area contributed by atoms with Gasteiger partial charge in [-0.05, 0) is 31.9 Å². The summed E-state index contributed by atoms with van der Waals surface area (Å²) in [5.41, 5.74) is -0.234. The van der Waals surface area contributed by atoms with Crippen molar-refractivity contribution in [1.82, 2.24) is 0 Å². The van der Waals surface area contributed by atoms with E-state index in [1.807, 2.05) is 13.8 Å². The molecule has 0 bridgehead atoms. The first-order valence-corrected chi connectivity index (χ1v) is 7.73. The Morgan fingerprint density at radius 2 is 1.68 bits per heavy atom. The minimum absolute atomic E-state index is 0.0269. The van der Waals surface area contributed by atoms with Crippen LogP contribution in [0.25, 0.3) is 0 Å². The molecular weight excluding hydrogens is 260 g/mol. The zero-order valence-corrected chi connectivity index (χ0v) is 12.4. The molecule has 0 radical (unpaired) electrons. The summed E-state index contributed by atoms with van der Waals surface area (Å²) in [6.07, 6.45) is 0. The molecule has 1 heterocycles. The average Bonchev–Trinajstić information content (AvgIpc) is 2.67. The number of hydrogen-bond donors (Lipinski definition) is 0. The van der Waals surface area contributed by atoms with Crippen molar-refractivity contribution in [2.45, 2.75) is 38.1 Å². The first kappa shape index (κ1) is 13.9. The second-order valence-electron chi connectivity index (χ2n) is 5.44. The van der Waals surface area contributed by atoms with Gasteiger partial charge in [0.15, 0.2) is 0 Å². The minimum atomic E-state index is -3.55. The molecule has 5 heteroatoms. The fourth-order valence-corrected chi connectivity index (χ4v) is 4.15. The van der Waals surface area contributed by atoms with Crippen LogP contribution in [0.1, 0.15) is 27.7 Å². The molecule has 19 heavy (non-hydrogen) atoms. The smallest absolute Gasteiger partial charge is 0.207 e. The molecule has 1 aromatic rings. The van der Waals surface area contributed by atoms with Crippen LogP contribution in [-0.2, 0) is 9.84 Å². The van der Waals surface area contributed by atoms with Crippen LogP contribution in [-0.4, -0.2) is 14.0 Å². The first-order chi connectivity index (χ1) is 8.77. The Labute approximate surface area is 114 Å². The van der Waals surface area contributed by atoms with Gasteiger partial charge in [0.05, 0.1) is 10.6 Å². The molecule has 0 aliphatic carbocycles. The molecule has 0 spiro atoms. The zero-order valence-electron chi connectivity index (χ0n) is 11.6. The van der Waals surface area contributed by atoms with E-state index in [-0.39, 0.29) is 5.92 Å². The van der Waals surface area contributed by atoms with Crippen LogP contribution in [0, 0.1) is 5.92 Å². The lowest BCUT2D eigenvalue weighted by Crippen LogP contribution is -2.25. The van der Waals surface area contributed by atoms with Crippen molar-refractivity contribution in [2.24, 2.45) is 16.1 Å². The van der Waals surface area contributed by atoms with Crippen molar-refractivity contribution in [3.8, 4) is 0 Å². The highest BCUT2D eigenvalue weighted by atomic mass is 32.2. The SMILES string of the molecule is CC(C)C1=C(S(=O)(=O)c2ccccc2)C(C)(C)N=N1. The maximum absolute atomic E-state index is 12.8. The first-order valence-electron chi connectivity index (χ1n) is 6.24. The standard InChI is InChI=1S/C14H18N2O2S/c1-10(2)12-13(14(3,4)16-15-12)19(17,18)11-8-6-5-7-9-11/h5-10H,1-4H3. The van der Waals surface area contributed by atoms with Gasteiger partial charge in [-0.1, -0.05) is 32.0 Å². The Hall–Kier alpha value is -1.49. The summed E-state index contributed by atoms with van der Waals surface area (Å²) >= 11 is 0. The largest absolute Gasteiger partial charge is 0.219 e. The Kier molecular flexibility index (Phi) is 3.34. The van der Waals surface area contributed by atoms with Crippen molar-refractivity contribution in [3.63, 3.8) is 0 Å². The molecule has 2 rings (SSSR count). The Morgan fingerprint density at radius 3 is 2.21 bits per heavy atom. The molecule has 1 aromatic carbocycles. The van der Waals surface area contributed by atoms with Gasteiger partial charge in [0.2, 0.25) is 9.84 Å². The second kappa shape index (κ2) is 4.56. The highest BCUT2D eigenvalue weighted by Crippen LogP contribution is 2.40. The Bertz CT molecular complexity index is 641. The molecule has 1 aliphatic heterocycles. The van der Waals surface area contributed by atoms with Crippen LogP contribution >= 0.6 is 0 Å². The van der Waals surface area contributed by atoms with E-state index in [9.17, 15) is 8.42 Å². The third-order valence-electron chi connectivity index (χ3n) is 3.07. The number of azo groups is 1. The highest BCUT2D eigenvalue weighted by Gasteiger charge is 2.41. The topological polar surface area (TPSA) is 58.9 Å². The number of nitrogens with zero attached hydrogens (tertiary/aromatic N) is 2. The summed E-state index contributed by atoms with van der Waals surface area (Å²) in [4.78, 5) is 0.615. The third kappa shape index (κ3) is 2.34. The van der Waals surface area contributed by atoms with Gasteiger partial charge in [-0.25, -0.2) is 8.42 Å². The van der Waals surface area contributed by atoms with Crippen LogP contribution < -0.4 is 0 Å². The van der Waals surface area contributed by atoms with E-state index in [1.165, 1.54) is 0 Å². The van der Waals surface area contributed by atoms with Crippen LogP contribution in [0.3, 0.4) is 0 Å². The van der Waals surface area contributed by atoms with E-state index in [0.717, 1.165) is 0 Å². The summed E-state index contributed by atoms with van der Waals surface area (Å²) in [5.74, 6) is 0.0269. The van der Waals surface area contributed by atoms with Gasteiger partial charge in [-0.15, -0.1) is 0 Å². The molecule has 102 valence electrons. The van der Waals surface area contributed by atoms with Gasteiger partial charge in [0, 0.05) is 0 Å². The van der Waals surface area contributed by atoms with Gasteiger partial charge in [0.1, 0.15) is 10.4 Å². The maximum Gasteiger partial charge on any atom is 0.207 e. The fourth-order valence-electron chi connectivity index (χ4n) is 2.14. The summed E-state index contributed by atoms with van der Waals surface area (Å²) in [6.45, 7) is 7.41. The number of benzene rings is 1. The second-order valence-corrected chi connectivity index (χ2v) is 7.33. The van der Waals surface area contributed by atoms with E-state index in [1.54, 1.807) is 44.2 Å². The molecule has 0 N–H and O–H groups in total. The van der Waals surface area contributed by atoms with Gasteiger partial charge < -0.3 is 0 Å².